The number of hydrogen-bond donors (Lipinski definition) is 2. The average Bonchev–Trinajstić information content (AvgIpc) is 3.03. The summed E-state index contributed by atoms with van der Waals surface area (Å²) in [5.41, 5.74) is 0.834. The van der Waals surface area contributed by atoms with E-state index in [2.05, 4.69) is 30.3 Å². The first-order valence-electron chi connectivity index (χ1n) is 8.10. The molecule has 2 aromatic heterocycles. The third kappa shape index (κ3) is 4.24. The van der Waals surface area contributed by atoms with Gasteiger partial charge in [-0.1, -0.05) is 11.2 Å². The van der Waals surface area contributed by atoms with Gasteiger partial charge in [0, 0.05) is 30.2 Å². The summed E-state index contributed by atoms with van der Waals surface area (Å²) in [5, 5.41) is 8.94. The minimum atomic E-state index is -0.802. The van der Waals surface area contributed by atoms with Crippen LogP contribution in [0.4, 0.5) is 5.69 Å². The molecular formula is C17H16N6O4. The molecule has 3 aromatic rings. The maximum Gasteiger partial charge on any atom is 0.442 e. The summed E-state index contributed by atoms with van der Waals surface area (Å²) < 4.78 is 5.65. The van der Waals surface area contributed by atoms with Gasteiger partial charge in [0.1, 0.15) is 6.54 Å². The first-order chi connectivity index (χ1) is 13.1. The minimum absolute atomic E-state index is 0.0480. The van der Waals surface area contributed by atoms with Crippen LogP contribution in [0.1, 0.15) is 17.3 Å². The van der Waals surface area contributed by atoms with Crippen LogP contribution in [-0.4, -0.2) is 38.1 Å². The number of aromatic nitrogens is 4. The quantitative estimate of drug-likeness (QED) is 0.654. The fourth-order valence-corrected chi connectivity index (χ4v) is 2.33. The summed E-state index contributed by atoms with van der Waals surface area (Å²) >= 11 is 0. The molecule has 10 heteroatoms. The molecule has 0 aliphatic rings. The molecular weight excluding hydrogens is 352 g/mol. The van der Waals surface area contributed by atoms with Gasteiger partial charge in [0.05, 0.1) is 0 Å². The Morgan fingerprint density at radius 3 is 2.70 bits per heavy atom. The van der Waals surface area contributed by atoms with E-state index in [9.17, 15) is 14.4 Å². The van der Waals surface area contributed by atoms with Crippen LogP contribution in [0.2, 0.25) is 0 Å². The molecule has 0 aliphatic heterocycles. The van der Waals surface area contributed by atoms with Crippen molar-refractivity contribution in [3.63, 3.8) is 0 Å². The second-order valence-corrected chi connectivity index (χ2v) is 5.42. The third-order valence-electron chi connectivity index (χ3n) is 3.50. The number of nitrogens with one attached hydrogen (secondary N) is 2. The Hall–Kier alpha value is -3.82. The summed E-state index contributed by atoms with van der Waals surface area (Å²) in [6.45, 7) is 1.96. The van der Waals surface area contributed by atoms with Gasteiger partial charge in [0.15, 0.2) is 5.82 Å². The van der Waals surface area contributed by atoms with Gasteiger partial charge < -0.3 is 10.6 Å². The Labute approximate surface area is 153 Å². The standard InChI is InChI=1S/C17H16N6O4/c1-2-18-16(25)11-5-3-6-12(9-11)21-13(24)10-23-15(22-27-17(23)26)14-19-7-4-8-20-14/h3-9H,2,10H2,1H3,(H,18,25)(H,21,24). The van der Waals surface area contributed by atoms with Gasteiger partial charge in [0.2, 0.25) is 11.7 Å². The van der Waals surface area contributed by atoms with Gasteiger partial charge in [-0.15, -0.1) is 0 Å². The van der Waals surface area contributed by atoms with Crippen LogP contribution in [0.25, 0.3) is 11.6 Å². The van der Waals surface area contributed by atoms with E-state index in [0.29, 0.717) is 17.8 Å². The predicted octanol–water partition coefficient (Wildman–Crippen LogP) is 0.682. The molecule has 0 saturated heterocycles. The molecule has 2 amide bonds. The summed E-state index contributed by atoms with van der Waals surface area (Å²) in [4.78, 5) is 44.1. The van der Waals surface area contributed by atoms with E-state index in [1.54, 1.807) is 30.3 Å². The van der Waals surface area contributed by atoms with E-state index >= 15 is 0 Å². The number of nitrogens with zero attached hydrogens (tertiary/aromatic N) is 4. The molecule has 0 unspecified atom stereocenters. The topological polar surface area (TPSA) is 132 Å². The second-order valence-electron chi connectivity index (χ2n) is 5.42. The number of benzene rings is 1. The Kier molecular flexibility index (Phi) is 5.36. The van der Waals surface area contributed by atoms with E-state index in [4.69, 9.17) is 0 Å². The van der Waals surface area contributed by atoms with Gasteiger partial charge in [-0.3, -0.25) is 14.1 Å². The van der Waals surface area contributed by atoms with Crippen LogP contribution >= 0.6 is 0 Å². The molecule has 2 N–H and O–H groups in total. The van der Waals surface area contributed by atoms with Crippen molar-refractivity contribution in [2.75, 3.05) is 11.9 Å². The number of rotatable bonds is 6. The zero-order chi connectivity index (χ0) is 19.2. The number of amides is 2. The number of carbonyl (C=O) groups excluding carboxylic acids is 2. The molecule has 0 atom stereocenters. The molecule has 0 spiro atoms. The van der Waals surface area contributed by atoms with Gasteiger partial charge in [-0.05, 0) is 31.2 Å². The van der Waals surface area contributed by atoms with Crippen molar-refractivity contribution in [3.05, 3.63) is 58.8 Å². The molecule has 3 rings (SSSR count). The van der Waals surface area contributed by atoms with Crippen LogP contribution < -0.4 is 16.4 Å². The van der Waals surface area contributed by atoms with Gasteiger partial charge in [-0.2, -0.15) is 0 Å². The summed E-state index contributed by atoms with van der Waals surface area (Å²) in [7, 11) is 0. The molecule has 138 valence electrons. The SMILES string of the molecule is CCNC(=O)c1cccc(NC(=O)Cn2c(-c3ncccn3)noc2=O)c1. The van der Waals surface area contributed by atoms with Crippen LogP contribution in [0, 0.1) is 0 Å². The monoisotopic (exact) mass is 368 g/mol. The van der Waals surface area contributed by atoms with E-state index in [1.807, 2.05) is 6.92 Å². The minimum Gasteiger partial charge on any atom is -0.352 e. The third-order valence-corrected chi connectivity index (χ3v) is 3.50. The van der Waals surface area contributed by atoms with E-state index in [0.717, 1.165) is 4.57 Å². The fourth-order valence-electron chi connectivity index (χ4n) is 2.33. The average molecular weight is 368 g/mol. The lowest BCUT2D eigenvalue weighted by Gasteiger charge is -2.08. The van der Waals surface area contributed by atoms with Gasteiger partial charge >= 0.3 is 5.76 Å². The van der Waals surface area contributed by atoms with Crippen molar-refractivity contribution in [1.82, 2.24) is 25.0 Å². The highest BCUT2D eigenvalue weighted by Crippen LogP contribution is 2.12. The molecule has 27 heavy (non-hydrogen) atoms. The lowest BCUT2D eigenvalue weighted by atomic mass is 10.2. The van der Waals surface area contributed by atoms with Crippen molar-refractivity contribution in [3.8, 4) is 11.6 Å². The Morgan fingerprint density at radius 2 is 1.96 bits per heavy atom. The zero-order valence-electron chi connectivity index (χ0n) is 14.4. The highest BCUT2D eigenvalue weighted by atomic mass is 16.5. The van der Waals surface area contributed by atoms with Gasteiger partial charge in [0.25, 0.3) is 5.91 Å². The van der Waals surface area contributed by atoms with Crippen molar-refractivity contribution in [2.45, 2.75) is 13.5 Å². The Balaban J connectivity index is 1.76. The maximum atomic E-state index is 12.3. The zero-order valence-corrected chi connectivity index (χ0v) is 14.4. The largest absolute Gasteiger partial charge is 0.442 e. The fraction of sp³-hybridized carbons (Fsp3) is 0.176. The summed E-state index contributed by atoms with van der Waals surface area (Å²) in [6.07, 6.45) is 2.97. The van der Waals surface area contributed by atoms with Gasteiger partial charge in [-0.25, -0.2) is 19.3 Å². The van der Waals surface area contributed by atoms with E-state index in [-0.39, 0.29) is 24.1 Å². The molecule has 2 heterocycles. The van der Waals surface area contributed by atoms with Crippen molar-refractivity contribution < 1.29 is 14.1 Å². The predicted molar refractivity (Wildman–Crippen MR) is 94.9 cm³/mol. The number of anilines is 1. The first-order valence-corrected chi connectivity index (χ1v) is 8.10. The lowest BCUT2D eigenvalue weighted by Crippen LogP contribution is -2.26. The Morgan fingerprint density at radius 1 is 1.19 bits per heavy atom. The maximum absolute atomic E-state index is 12.3. The molecule has 0 radical (unpaired) electrons. The summed E-state index contributed by atoms with van der Waals surface area (Å²) in [5.74, 6) is -1.33. The summed E-state index contributed by atoms with van der Waals surface area (Å²) in [6, 6.07) is 8.07. The molecule has 0 aliphatic carbocycles. The Bertz CT molecular complexity index is 1010. The number of carbonyl (C=O) groups is 2. The smallest absolute Gasteiger partial charge is 0.352 e. The van der Waals surface area contributed by atoms with Crippen LogP contribution in [-0.2, 0) is 11.3 Å². The van der Waals surface area contributed by atoms with Crippen molar-refractivity contribution in [1.29, 1.82) is 0 Å². The normalized spacial score (nSPS) is 10.4. The van der Waals surface area contributed by atoms with Crippen LogP contribution in [0.15, 0.2) is 52.0 Å². The second kappa shape index (κ2) is 8.04. The van der Waals surface area contributed by atoms with Crippen LogP contribution in [0.3, 0.4) is 0 Å². The molecule has 1 aromatic carbocycles. The molecule has 10 nitrogen and oxygen atoms in total. The molecule has 0 bridgehead atoms. The van der Waals surface area contributed by atoms with Crippen LogP contribution in [0.5, 0.6) is 0 Å². The van der Waals surface area contributed by atoms with E-state index in [1.165, 1.54) is 12.4 Å². The number of hydrogen-bond acceptors (Lipinski definition) is 7. The highest BCUT2D eigenvalue weighted by molar-refractivity contribution is 5.97. The molecule has 0 saturated carbocycles. The van der Waals surface area contributed by atoms with E-state index < -0.39 is 11.7 Å². The first kappa shape index (κ1) is 18.0. The van der Waals surface area contributed by atoms with Crippen molar-refractivity contribution in [2.24, 2.45) is 0 Å². The van der Waals surface area contributed by atoms with Crippen molar-refractivity contribution >= 4 is 17.5 Å². The lowest BCUT2D eigenvalue weighted by molar-refractivity contribution is -0.116. The molecule has 0 fully saturated rings. The highest BCUT2D eigenvalue weighted by Gasteiger charge is 2.18.